The van der Waals surface area contributed by atoms with Crippen molar-refractivity contribution in [1.29, 1.82) is 0 Å². The molecule has 92 valence electrons. The molecule has 1 heterocycles. The quantitative estimate of drug-likeness (QED) is 0.589. The van der Waals surface area contributed by atoms with E-state index in [1.165, 1.54) is 38.5 Å². The van der Waals surface area contributed by atoms with Crippen LogP contribution in [0.1, 0.15) is 45.4 Å². The zero-order valence-electron chi connectivity index (χ0n) is 10.5. The number of nitrogens with zero attached hydrogens (tertiary/aromatic N) is 2. The van der Waals surface area contributed by atoms with E-state index in [2.05, 4.69) is 16.8 Å². The number of rotatable bonds is 3. The minimum Gasteiger partial charge on any atom is -0.370 e. The Morgan fingerprint density at radius 1 is 1.31 bits per heavy atom. The lowest BCUT2D eigenvalue weighted by atomic mass is 9.83. The van der Waals surface area contributed by atoms with Gasteiger partial charge >= 0.3 is 0 Å². The smallest absolute Gasteiger partial charge is 0.191 e. The summed E-state index contributed by atoms with van der Waals surface area (Å²) in [5, 5.41) is 0. The van der Waals surface area contributed by atoms with Gasteiger partial charge < -0.3 is 10.6 Å². The molecule has 0 aromatic rings. The Morgan fingerprint density at radius 3 is 2.75 bits per heavy atom. The number of guanidine groups is 1. The first-order chi connectivity index (χ1) is 7.75. The summed E-state index contributed by atoms with van der Waals surface area (Å²) >= 11 is 0. The maximum absolute atomic E-state index is 6.03. The molecule has 0 bridgehead atoms. The molecule has 3 nitrogen and oxygen atoms in total. The van der Waals surface area contributed by atoms with E-state index in [4.69, 9.17) is 5.73 Å². The fraction of sp³-hybridized carbons (Fsp3) is 0.923. The molecule has 0 spiro atoms. The first-order valence-corrected chi connectivity index (χ1v) is 6.80. The Kier molecular flexibility index (Phi) is 4.08. The van der Waals surface area contributed by atoms with Gasteiger partial charge in [-0.25, -0.2) is 0 Å². The van der Waals surface area contributed by atoms with E-state index < -0.39 is 0 Å². The zero-order chi connectivity index (χ0) is 11.4. The summed E-state index contributed by atoms with van der Waals surface area (Å²) in [6, 6.07) is 0. The minimum absolute atomic E-state index is 0.772. The van der Waals surface area contributed by atoms with Gasteiger partial charge in [0.2, 0.25) is 0 Å². The van der Waals surface area contributed by atoms with Crippen LogP contribution in [0.2, 0.25) is 0 Å². The van der Waals surface area contributed by atoms with Gasteiger partial charge in [-0.05, 0) is 31.1 Å². The van der Waals surface area contributed by atoms with Crippen molar-refractivity contribution in [3.63, 3.8) is 0 Å². The molecule has 3 heteroatoms. The molecule has 1 aliphatic heterocycles. The van der Waals surface area contributed by atoms with Gasteiger partial charge in [0.25, 0.3) is 0 Å². The van der Waals surface area contributed by atoms with Gasteiger partial charge in [0.05, 0.1) is 0 Å². The molecule has 1 aliphatic carbocycles. The highest BCUT2D eigenvalue weighted by Gasteiger charge is 2.18. The van der Waals surface area contributed by atoms with Crippen molar-refractivity contribution in [3.05, 3.63) is 0 Å². The topological polar surface area (TPSA) is 41.6 Å². The van der Waals surface area contributed by atoms with Crippen LogP contribution >= 0.6 is 0 Å². The number of hydrogen-bond acceptors (Lipinski definition) is 1. The number of piperidine rings is 1. The van der Waals surface area contributed by atoms with E-state index in [1.807, 2.05) is 0 Å². The number of nitrogens with two attached hydrogens (primary N) is 1. The van der Waals surface area contributed by atoms with Crippen LogP contribution in [0.15, 0.2) is 4.99 Å². The summed E-state index contributed by atoms with van der Waals surface area (Å²) in [6.07, 6.45) is 8.09. The van der Waals surface area contributed by atoms with Crippen molar-refractivity contribution in [2.45, 2.75) is 45.4 Å². The van der Waals surface area contributed by atoms with Gasteiger partial charge in [-0.3, -0.25) is 4.99 Å². The SMILES string of the molecule is CC1CCCN(C(N)=NCCC2CCC2)C1. The van der Waals surface area contributed by atoms with Crippen molar-refractivity contribution >= 4 is 5.96 Å². The maximum atomic E-state index is 6.03. The van der Waals surface area contributed by atoms with Crippen LogP contribution < -0.4 is 5.73 Å². The van der Waals surface area contributed by atoms with Gasteiger partial charge in [0, 0.05) is 19.6 Å². The number of likely N-dealkylation sites (tertiary alicyclic amines) is 1. The largest absolute Gasteiger partial charge is 0.370 e. The van der Waals surface area contributed by atoms with Crippen molar-refractivity contribution in [3.8, 4) is 0 Å². The normalized spacial score (nSPS) is 27.9. The molecule has 1 atom stereocenters. The Morgan fingerprint density at radius 2 is 2.12 bits per heavy atom. The molecule has 1 saturated heterocycles. The van der Waals surface area contributed by atoms with E-state index in [0.717, 1.165) is 37.4 Å². The molecule has 2 fully saturated rings. The summed E-state index contributed by atoms with van der Waals surface area (Å²) < 4.78 is 0. The van der Waals surface area contributed by atoms with Crippen molar-refractivity contribution in [1.82, 2.24) is 4.90 Å². The van der Waals surface area contributed by atoms with Crippen LogP contribution in [0, 0.1) is 11.8 Å². The zero-order valence-corrected chi connectivity index (χ0v) is 10.5. The maximum Gasteiger partial charge on any atom is 0.191 e. The number of hydrogen-bond donors (Lipinski definition) is 1. The fourth-order valence-corrected chi connectivity index (χ4v) is 2.64. The van der Waals surface area contributed by atoms with Gasteiger partial charge in [-0.2, -0.15) is 0 Å². The lowest BCUT2D eigenvalue weighted by Gasteiger charge is -2.32. The van der Waals surface area contributed by atoms with Crippen LogP contribution in [-0.2, 0) is 0 Å². The second kappa shape index (κ2) is 5.55. The van der Waals surface area contributed by atoms with Crippen LogP contribution in [-0.4, -0.2) is 30.5 Å². The third-order valence-corrected chi connectivity index (χ3v) is 4.02. The van der Waals surface area contributed by atoms with E-state index in [9.17, 15) is 0 Å². The molecule has 1 saturated carbocycles. The Balaban J connectivity index is 1.71. The standard InChI is InChI=1S/C13H25N3/c1-11-4-3-9-16(10-11)13(14)15-8-7-12-5-2-6-12/h11-12H,2-10H2,1H3,(H2,14,15). The molecule has 0 aromatic heterocycles. The van der Waals surface area contributed by atoms with Crippen LogP contribution in [0.25, 0.3) is 0 Å². The minimum atomic E-state index is 0.772. The summed E-state index contributed by atoms with van der Waals surface area (Å²) in [4.78, 5) is 6.78. The van der Waals surface area contributed by atoms with Gasteiger partial charge in [0.1, 0.15) is 0 Å². The predicted molar refractivity (Wildman–Crippen MR) is 68.4 cm³/mol. The molecule has 2 aliphatic rings. The molecule has 1 unspecified atom stereocenters. The summed E-state index contributed by atoms with van der Waals surface area (Å²) in [6.45, 7) is 5.43. The summed E-state index contributed by atoms with van der Waals surface area (Å²) in [5.41, 5.74) is 6.03. The first kappa shape index (κ1) is 11.7. The lowest BCUT2D eigenvalue weighted by molar-refractivity contribution is 0.268. The van der Waals surface area contributed by atoms with Crippen molar-refractivity contribution in [2.75, 3.05) is 19.6 Å². The fourth-order valence-electron chi connectivity index (χ4n) is 2.64. The van der Waals surface area contributed by atoms with Crippen LogP contribution in [0.4, 0.5) is 0 Å². The Labute approximate surface area is 99.1 Å². The molecular weight excluding hydrogens is 198 g/mol. The molecule has 2 rings (SSSR count). The number of aliphatic imine (C=N–C) groups is 1. The second-order valence-corrected chi connectivity index (χ2v) is 5.52. The molecule has 16 heavy (non-hydrogen) atoms. The third kappa shape index (κ3) is 3.13. The van der Waals surface area contributed by atoms with Crippen LogP contribution in [0.5, 0.6) is 0 Å². The summed E-state index contributed by atoms with van der Waals surface area (Å²) in [7, 11) is 0. The second-order valence-electron chi connectivity index (χ2n) is 5.52. The Hall–Kier alpha value is -0.730. The van der Waals surface area contributed by atoms with Crippen molar-refractivity contribution in [2.24, 2.45) is 22.6 Å². The monoisotopic (exact) mass is 223 g/mol. The highest BCUT2D eigenvalue weighted by atomic mass is 15.3. The van der Waals surface area contributed by atoms with Gasteiger partial charge in [-0.15, -0.1) is 0 Å². The van der Waals surface area contributed by atoms with Crippen molar-refractivity contribution < 1.29 is 0 Å². The highest BCUT2D eigenvalue weighted by molar-refractivity contribution is 5.78. The molecule has 0 aromatic carbocycles. The average molecular weight is 223 g/mol. The van der Waals surface area contributed by atoms with Crippen LogP contribution in [0.3, 0.4) is 0 Å². The molecule has 0 radical (unpaired) electrons. The summed E-state index contributed by atoms with van der Waals surface area (Å²) in [5.74, 6) is 2.50. The van der Waals surface area contributed by atoms with Gasteiger partial charge in [0.15, 0.2) is 5.96 Å². The molecular formula is C13H25N3. The van der Waals surface area contributed by atoms with E-state index in [1.54, 1.807) is 0 Å². The van der Waals surface area contributed by atoms with E-state index >= 15 is 0 Å². The molecule has 0 amide bonds. The third-order valence-electron chi connectivity index (χ3n) is 4.02. The Bertz CT molecular complexity index is 246. The van der Waals surface area contributed by atoms with Gasteiger partial charge in [-0.1, -0.05) is 26.2 Å². The predicted octanol–water partition coefficient (Wildman–Crippen LogP) is 2.22. The average Bonchev–Trinajstić information content (AvgIpc) is 2.21. The molecule has 2 N–H and O–H groups in total. The van der Waals surface area contributed by atoms with E-state index in [-0.39, 0.29) is 0 Å². The van der Waals surface area contributed by atoms with E-state index in [0.29, 0.717) is 0 Å². The first-order valence-electron chi connectivity index (χ1n) is 6.80. The lowest BCUT2D eigenvalue weighted by Crippen LogP contribution is -2.43. The highest BCUT2D eigenvalue weighted by Crippen LogP contribution is 2.29.